The number of amides is 1. The molecule has 3 rings (SSSR count). The molecule has 2 aliphatic rings. The largest absolute Gasteiger partial charge is 0.484 e. The van der Waals surface area contributed by atoms with E-state index in [1.807, 2.05) is 4.90 Å². The molecule has 114 valence electrons. The summed E-state index contributed by atoms with van der Waals surface area (Å²) in [5.74, 6) is 1.22. The van der Waals surface area contributed by atoms with Crippen molar-refractivity contribution in [1.82, 2.24) is 4.90 Å². The molecular weight excluding hydrogens is 290 g/mol. The molecule has 1 heterocycles. The van der Waals surface area contributed by atoms with Gasteiger partial charge >= 0.3 is 0 Å². The number of nitrogens with zero attached hydrogens (tertiary/aromatic N) is 1. The van der Waals surface area contributed by atoms with Crippen molar-refractivity contribution in [2.75, 3.05) is 26.4 Å². The van der Waals surface area contributed by atoms with Crippen molar-refractivity contribution in [3.63, 3.8) is 0 Å². The van der Waals surface area contributed by atoms with Crippen molar-refractivity contribution >= 4 is 17.5 Å². The quantitative estimate of drug-likeness (QED) is 0.811. The van der Waals surface area contributed by atoms with Crippen LogP contribution in [0.4, 0.5) is 0 Å². The van der Waals surface area contributed by atoms with Crippen LogP contribution >= 0.6 is 11.6 Å². The van der Waals surface area contributed by atoms with Crippen molar-refractivity contribution in [3.05, 3.63) is 29.3 Å². The van der Waals surface area contributed by atoms with E-state index in [1.54, 1.807) is 24.3 Å². The van der Waals surface area contributed by atoms with Gasteiger partial charge in [0.15, 0.2) is 6.61 Å². The van der Waals surface area contributed by atoms with Crippen molar-refractivity contribution in [3.8, 4) is 5.75 Å². The van der Waals surface area contributed by atoms with Gasteiger partial charge in [-0.05, 0) is 43.5 Å². The van der Waals surface area contributed by atoms with Crippen LogP contribution in [-0.4, -0.2) is 43.2 Å². The van der Waals surface area contributed by atoms with Crippen LogP contribution in [0.25, 0.3) is 0 Å². The van der Waals surface area contributed by atoms with Gasteiger partial charge in [-0.3, -0.25) is 4.79 Å². The Hall–Kier alpha value is -1.26. The first-order valence-corrected chi connectivity index (χ1v) is 7.86. The smallest absolute Gasteiger partial charge is 0.260 e. The van der Waals surface area contributed by atoms with E-state index in [0.717, 1.165) is 39.0 Å². The lowest BCUT2D eigenvalue weighted by Gasteiger charge is -2.25. The van der Waals surface area contributed by atoms with Crippen molar-refractivity contribution in [2.24, 2.45) is 5.92 Å². The SMILES string of the molecule is O=C(COc1ccc(Cl)cc1)N(CC1CCOC1)C1CC1. The summed E-state index contributed by atoms with van der Waals surface area (Å²) in [6.07, 6.45) is 3.27. The molecule has 5 heteroatoms. The second-order valence-electron chi connectivity index (χ2n) is 5.75. The lowest BCUT2D eigenvalue weighted by Crippen LogP contribution is -2.40. The maximum Gasteiger partial charge on any atom is 0.260 e. The van der Waals surface area contributed by atoms with Gasteiger partial charge in [0.1, 0.15) is 5.75 Å². The van der Waals surface area contributed by atoms with Crippen LogP contribution in [-0.2, 0) is 9.53 Å². The van der Waals surface area contributed by atoms with Gasteiger partial charge in [-0.15, -0.1) is 0 Å². The molecule has 1 aliphatic carbocycles. The Morgan fingerprint density at radius 2 is 2.05 bits per heavy atom. The second kappa shape index (κ2) is 6.67. The third kappa shape index (κ3) is 4.11. The van der Waals surface area contributed by atoms with E-state index in [1.165, 1.54) is 0 Å². The van der Waals surface area contributed by atoms with Crippen LogP contribution in [0.3, 0.4) is 0 Å². The lowest BCUT2D eigenvalue weighted by molar-refractivity contribution is -0.134. The summed E-state index contributed by atoms with van der Waals surface area (Å²) in [5.41, 5.74) is 0. The number of rotatable bonds is 6. The Labute approximate surface area is 130 Å². The van der Waals surface area contributed by atoms with Gasteiger partial charge in [0.25, 0.3) is 5.91 Å². The molecule has 1 saturated heterocycles. The summed E-state index contributed by atoms with van der Waals surface area (Å²) >= 11 is 5.83. The Balaban J connectivity index is 1.52. The molecule has 1 aromatic rings. The van der Waals surface area contributed by atoms with Gasteiger partial charge in [0, 0.05) is 30.1 Å². The highest BCUT2D eigenvalue weighted by atomic mass is 35.5. The van der Waals surface area contributed by atoms with E-state index >= 15 is 0 Å². The summed E-state index contributed by atoms with van der Waals surface area (Å²) < 4.78 is 11.0. The van der Waals surface area contributed by atoms with Crippen LogP contribution in [0.1, 0.15) is 19.3 Å². The van der Waals surface area contributed by atoms with Gasteiger partial charge in [-0.2, -0.15) is 0 Å². The minimum absolute atomic E-state index is 0.0688. The van der Waals surface area contributed by atoms with Crippen molar-refractivity contribution < 1.29 is 14.3 Å². The van der Waals surface area contributed by atoms with Crippen molar-refractivity contribution in [2.45, 2.75) is 25.3 Å². The van der Waals surface area contributed by atoms with Crippen LogP contribution in [0, 0.1) is 5.92 Å². The minimum atomic E-state index is 0.0688. The first kappa shape index (κ1) is 14.7. The van der Waals surface area contributed by atoms with E-state index in [0.29, 0.717) is 22.7 Å². The highest BCUT2D eigenvalue weighted by molar-refractivity contribution is 6.30. The summed E-state index contributed by atoms with van der Waals surface area (Å²) in [6.45, 7) is 2.48. The zero-order valence-electron chi connectivity index (χ0n) is 12.0. The number of benzene rings is 1. The maximum atomic E-state index is 12.4. The number of carbonyl (C=O) groups excluding carboxylic acids is 1. The average Bonchev–Trinajstić information content (AvgIpc) is 3.20. The van der Waals surface area contributed by atoms with Crippen LogP contribution in [0.15, 0.2) is 24.3 Å². The van der Waals surface area contributed by atoms with E-state index < -0.39 is 0 Å². The number of hydrogen-bond acceptors (Lipinski definition) is 3. The fourth-order valence-electron chi connectivity index (χ4n) is 2.61. The van der Waals surface area contributed by atoms with Gasteiger partial charge in [-0.25, -0.2) is 0 Å². The summed E-state index contributed by atoms with van der Waals surface area (Å²) in [5, 5.41) is 0.662. The first-order valence-electron chi connectivity index (χ1n) is 7.48. The number of halogens is 1. The molecule has 0 N–H and O–H groups in total. The molecule has 1 unspecified atom stereocenters. The molecule has 21 heavy (non-hydrogen) atoms. The van der Waals surface area contributed by atoms with Crippen LogP contribution < -0.4 is 4.74 Å². The number of carbonyl (C=O) groups is 1. The van der Waals surface area contributed by atoms with Crippen molar-refractivity contribution in [1.29, 1.82) is 0 Å². The molecule has 0 aromatic heterocycles. The van der Waals surface area contributed by atoms with Gasteiger partial charge in [0.05, 0.1) is 6.61 Å². The van der Waals surface area contributed by atoms with E-state index in [9.17, 15) is 4.79 Å². The predicted molar refractivity (Wildman–Crippen MR) is 80.6 cm³/mol. The molecule has 1 aliphatic heterocycles. The second-order valence-corrected chi connectivity index (χ2v) is 6.19. The Kier molecular flexibility index (Phi) is 4.66. The van der Waals surface area contributed by atoms with Gasteiger partial charge in [-0.1, -0.05) is 11.6 Å². The molecular formula is C16H20ClNO3. The highest BCUT2D eigenvalue weighted by Crippen LogP contribution is 2.29. The first-order chi connectivity index (χ1) is 10.2. The molecule has 1 aromatic carbocycles. The molecule has 2 fully saturated rings. The van der Waals surface area contributed by atoms with Crippen LogP contribution in [0.2, 0.25) is 5.02 Å². The van der Waals surface area contributed by atoms with Crippen LogP contribution in [0.5, 0.6) is 5.75 Å². The topological polar surface area (TPSA) is 38.8 Å². The zero-order valence-corrected chi connectivity index (χ0v) is 12.7. The third-order valence-electron chi connectivity index (χ3n) is 3.96. The molecule has 0 bridgehead atoms. The molecule has 0 spiro atoms. The Bertz CT molecular complexity index is 481. The molecule has 1 saturated carbocycles. The standard InChI is InChI=1S/C16H20ClNO3/c17-13-1-5-15(6-2-13)21-11-16(19)18(14-3-4-14)9-12-7-8-20-10-12/h1-2,5-6,12,14H,3-4,7-11H2. The average molecular weight is 310 g/mol. The Morgan fingerprint density at radius 1 is 1.29 bits per heavy atom. The molecule has 1 amide bonds. The maximum absolute atomic E-state index is 12.4. The summed E-state index contributed by atoms with van der Waals surface area (Å²) in [4.78, 5) is 14.4. The molecule has 0 radical (unpaired) electrons. The summed E-state index contributed by atoms with van der Waals surface area (Å²) in [6, 6.07) is 7.49. The molecule has 1 atom stereocenters. The van der Waals surface area contributed by atoms with Gasteiger partial charge in [0.2, 0.25) is 0 Å². The third-order valence-corrected chi connectivity index (χ3v) is 4.21. The van der Waals surface area contributed by atoms with Gasteiger partial charge < -0.3 is 14.4 Å². The normalized spacial score (nSPS) is 21.3. The predicted octanol–water partition coefficient (Wildman–Crippen LogP) is 2.75. The highest BCUT2D eigenvalue weighted by Gasteiger charge is 2.34. The van der Waals surface area contributed by atoms with E-state index in [-0.39, 0.29) is 12.5 Å². The lowest BCUT2D eigenvalue weighted by atomic mass is 10.1. The van der Waals surface area contributed by atoms with E-state index in [4.69, 9.17) is 21.1 Å². The molecule has 4 nitrogen and oxygen atoms in total. The fraction of sp³-hybridized carbons (Fsp3) is 0.562. The van der Waals surface area contributed by atoms with E-state index in [2.05, 4.69) is 0 Å². The fourth-order valence-corrected chi connectivity index (χ4v) is 2.73. The number of ether oxygens (including phenoxy) is 2. The zero-order chi connectivity index (χ0) is 14.7. The Morgan fingerprint density at radius 3 is 2.67 bits per heavy atom. The minimum Gasteiger partial charge on any atom is -0.484 e. The monoisotopic (exact) mass is 309 g/mol. The summed E-state index contributed by atoms with van der Waals surface area (Å²) in [7, 11) is 0. The number of hydrogen-bond donors (Lipinski definition) is 0.